The lowest BCUT2D eigenvalue weighted by atomic mass is 10.1. The number of likely N-dealkylation sites (N-methyl/N-ethyl adjacent to an activating group) is 1. The molecule has 1 atom stereocenters. The zero-order valence-electron chi connectivity index (χ0n) is 16.8. The summed E-state index contributed by atoms with van der Waals surface area (Å²) in [7, 11) is 1.74. The molecule has 0 saturated carbocycles. The minimum absolute atomic E-state index is 0.0210. The van der Waals surface area contributed by atoms with E-state index >= 15 is 0 Å². The van der Waals surface area contributed by atoms with Crippen LogP contribution >= 0.6 is 23.4 Å². The SMILES string of the molecule is CN(C(=O)OC(C)(C)C)[C@@H]1CCN(c2c(Cl)cccc2C=C2SC(=O)NC2=O)C1. The van der Waals surface area contributed by atoms with Gasteiger partial charge in [-0.3, -0.25) is 14.9 Å². The number of hydrogen-bond acceptors (Lipinski definition) is 6. The fourth-order valence-electron chi connectivity index (χ4n) is 3.29. The van der Waals surface area contributed by atoms with Crippen LogP contribution in [0.5, 0.6) is 0 Å². The van der Waals surface area contributed by atoms with E-state index in [4.69, 9.17) is 16.3 Å². The molecule has 0 unspecified atom stereocenters. The van der Waals surface area contributed by atoms with E-state index in [0.29, 0.717) is 23.0 Å². The summed E-state index contributed by atoms with van der Waals surface area (Å²) in [6, 6.07) is 5.43. The highest BCUT2D eigenvalue weighted by Gasteiger charge is 2.33. The number of halogens is 1. The van der Waals surface area contributed by atoms with Crippen LogP contribution < -0.4 is 10.2 Å². The first kappa shape index (κ1) is 21.5. The van der Waals surface area contributed by atoms with Crippen molar-refractivity contribution in [1.29, 1.82) is 0 Å². The van der Waals surface area contributed by atoms with Crippen LogP contribution in [-0.2, 0) is 9.53 Å². The quantitative estimate of drug-likeness (QED) is 0.717. The van der Waals surface area contributed by atoms with Gasteiger partial charge in [-0.25, -0.2) is 4.79 Å². The Morgan fingerprint density at radius 3 is 2.72 bits per heavy atom. The van der Waals surface area contributed by atoms with Gasteiger partial charge in [-0.1, -0.05) is 23.7 Å². The van der Waals surface area contributed by atoms with Gasteiger partial charge in [0, 0.05) is 25.7 Å². The Bertz CT molecular complexity index is 881. The third-order valence-electron chi connectivity index (χ3n) is 4.66. The van der Waals surface area contributed by atoms with Crippen molar-refractivity contribution in [2.24, 2.45) is 0 Å². The molecule has 0 radical (unpaired) electrons. The van der Waals surface area contributed by atoms with Crippen LogP contribution in [0.2, 0.25) is 5.02 Å². The fourth-order valence-corrected chi connectivity index (χ4v) is 4.26. The summed E-state index contributed by atoms with van der Waals surface area (Å²) in [5.41, 5.74) is 0.989. The minimum atomic E-state index is -0.553. The summed E-state index contributed by atoms with van der Waals surface area (Å²) in [5, 5.41) is 2.42. The Morgan fingerprint density at radius 1 is 1.38 bits per heavy atom. The summed E-state index contributed by atoms with van der Waals surface area (Å²) in [4.78, 5) is 39.8. The second kappa shape index (κ2) is 8.28. The number of carbonyl (C=O) groups is 3. The van der Waals surface area contributed by atoms with Gasteiger partial charge in [-0.15, -0.1) is 0 Å². The molecule has 9 heteroatoms. The van der Waals surface area contributed by atoms with Gasteiger partial charge in [0.25, 0.3) is 11.1 Å². The first-order chi connectivity index (χ1) is 13.5. The summed E-state index contributed by atoms with van der Waals surface area (Å²) < 4.78 is 5.46. The molecule has 7 nitrogen and oxygen atoms in total. The van der Waals surface area contributed by atoms with E-state index in [1.807, 2.05) is 26.8 Å². The normalized spacial score (nSPS) is 20.9. The number of rotatable bonds is 3. The Kier molecular flexibility index (Phi) is 6.14. The molecular weight excluding hydrogens is 414 g/mol. The first-order valence-electron chi connectivity index (χ1n) is 9.29. The van der Waals surface area contributed by atoms with Crippen LogP contribution in [0.1, 0.15) is 32.8 Å². The molecule has 2 aliphatic rings. The van der Waals surface area contributed by atoms with Crippen LogP contribution in [0.25, 0.3) is 6.08 Å². The first-order valence-corrected chi connectivity index (χ1v) is 10.5. The predicted molar refractivity (Wildman–Crippen MR) is 115 cm³/mol. The number of imide groups is 1. The van der Waals surface area contributed by atoms with Gasteiger partial charge >= 0.3 is 6.09 Å². The Morgan fingerprint density at radius 2 is 2.10 bits per heavy atom. The largest absolute Gasteiger partial charge is 0.444 e. The molecule has 0 bridgehead atoms. The van der Waals surface area contributed by atoms with E-state index in [0.717, 1.165) is 29.4 Å². The van der Waals surface area contributed by atoms with Gasteiger partial charge < -0.3 is 14.5 Å². The van der Waals surface area contributed by atoms with E-state index in [9.17, 15) is 14.4 Å². The lowest BCUT2D eigenvalue weighted by Gasteiger charge is -2.29. The summed E-state index contributed by atoms with van der Waals surface area (Å²) >= 11 is 7.36. The molecule has 29 heavy (non-hydrogen) atoms. The van der Waals surface area contributed by atoms with Crippen molar-refractivity contribution in [3.8, 4) is 0 Å². The molecule has 1 N–H and O–H groups in total. The number of hydrogen-bond donors (Lipinski definition) is 1. The zero-order valence-corrected chi connectivity index (χ0v) is 18.4. The fraction of sp³-hybridized carbons (Fsp3) is 0.450. The minimum Gasteiger partial charge on any atom is -0.444 e. The Hall–Kier alpha value is -2.19. The number of thioether (sulfide) groups is 1. The van der Waals surface area contributed by atoms with Gasteiger partial charge in [-0.05, 0) is 51.1 Å². The highest BCUT2D eigenvalue weighted by atomic mass is 35.5. The Balaban J connectivity index is 1.80. The van der Waals surface area contributed by atoms with E-state index in [-0.39, 0.29) is 17.4 Å². The molecule has 0 aromatic heterocycles. The summed E-state index contributed by atoms with van der Waals surface area (Å²) in [5.74, 6) is -0.408. The van der Waals surface area contributed by atoms with Crippen molar-refractivity contribution in [1.82, 2.24) is 10.2 Å². The van der Waals surface area contributed by atoms with E-state index < -0.39 is 11.5 Å². The monoisotopic (exact) mass is 437 g/mol. The molecular formula is C20H24ClN3O4S. The average Bonchev–Trinajstić information content (AvgIpc) is 3.19. The molecule has 1 aromatic carbocycles. The predicted octanol–water partition coefficient (Wildman–Crippen LogP) is 4.11. The number of amides is 3. The second-order valence-electron chi connectivity index (χ2n) is 8.01. The van der Waals surface area contributed by atoms with Crippen molar-refractivity contribution >= 4 is 52.4 Å². The maximum atomic E-state index is 12.4. The van der Waals surface area contributed by atoms with Crippen molar-refractivity contribution in [2.75, 3.05) is 25.0 Å². The third-order valence-corrected chi connectivity index (χ3v) is 5.77. The molecule has 2 aliphatic heterocycles. The highest BCUT2D eigenvalue weighted by Crippen LogP contribution is 2.36. The maximum Gasteiger partial charge on any atom is 0.410 e. The number of para-hydroxylation sites is 1. The van der Waals surface area contributed by atoms with Crippen molar-refractivity contribution < 1.29 is 19.1 Å². The van der Waals surface area contributed by atoms with Crippen molar-refractivity contribution in [2.45, 2.75) is 38.8 Å². The lowest BCUT2D eigenvalue weighted by Crippen LogP contribution is -2.42. The van der Waals surface area contributed by atoms with E-state index in [1.165, 1.54) is 0 Å². The number of carbonyl (C=O) groups excluding carboxylic acids is 3. The van der Waals surface area contributed by atoms with E-state index in [2.05, 4.69) is 10.2 Å². The molecule has 1 aromatic rings. The third kappa shape index (κ3) is 5.05. The van der Waals surface area contributed by atoms with E-state index in [1.54, 1.807) is 30.2 Å². The van der Waals surface area contributed by atoms with Gasteiger partial charge in [-0.2, -0.15) is 0 Å². The number of ether oxygens (including phenoxy) is 1. The van der Waals surface area contributed by atoms with Crippen molar-refractivity contribution in [3.63, 3.8) is 0 Å². The number of anilines is 1. The molecule has 3 amide bonds. The molecule has 3 rings (SSSR count). The summed E-state index contributed by atoms with van der Waals surface area (Å²) in [6.07, 6.45) is 2.09. The standard InChI is InChI=1S/C20H24ClN3O4S/c1-20(2,3)28-19(27)23(4)13-8-9-24(11-13)16-12(6-5-7-14(16)21)10-15-17(25)22-18(26)29-15/h5-7,10,13H,8-9,11H2,1-4H3,(H,22,25,26)/t13-/m1/s1. The second-order valence-corrected chi connectivity index (χ2v) is 9.43. The van der Waals surface area contributed by atoms with Crippen LogP contribution in [0.15, 0.2) is 23.1 Å². The molecule has 0 spiro atoms. The maximum absolute atomic E-state index is 12.4. The molecule has 2 fully saturated rings. The number of benzene rings is 1. The van der Waals surface area contributed by atoms with Crippen LogP contribution in [0.4, 0.5) is 15.3 Å². The van der Waals surface area contributed by atoms with Gasteiger partial charge in [0.1, 0.15) is 5.60 Å². The van der Waals surface area contributed by atoms with Crippen LogP contribution in [0, 0.1) is 0 Å². The van der Waals surface area contributed by atoms with Gasteiger partial charge in [0.2, 0.25) is 0 Å². The van der Waals surface area contributed by atoms with Crippen LogP contribution in [-0.4, -0.2) is 53.9 Å². The summed E-state index contributed by atoms with van der Waals surface area (Å²) in [6.45, 7) is 6.81. The molecule has 156 valence electrons. The molecule has 2 heterocycles. The topological polar surface area (TPSA) is 79.0 Å². The molecule has 2 saturated heterocycles. The molecule has 0 aliphatic carbocycles. The van der Waals surface area contributed by atoms with Gasteiger partial charge in [0.15, 0.2) is 0 Å². The number of nitrogens with zero attached hydrogens (tertiary/aromatic N) is 2. The van der Waals surface area contributed by atoms with Crippen LogP contribution in [0.3, 0.4) is 0 Å². The highest BCUT2D eigenvalue weighted by molar-refractivity contribution is 8.18. The Labute approximate surface area is 179 Å². The number of nitrogens with one attached hydrogen (secondary N) is 1. The smallest absolute Gasteiger partial charge is 0.410 e. The lowest BCUT2D eigenvalue weighted by molar-refractivity contribution is -0.115. The van der Waals surface area contributed by atoms with Crippen molar-refractivity contribution in [3.05, 3.63) is 33.7 Å². The zero-order chi connectivity index (χ0) is 21.3. The average molecular weight is 438 g/mol. The van der Waals surface area contributed by atoms with Gasteiger partial charge in [0.05, 0.1) is 21.7 Å².